The maximum absolute atomic E-state index is 12.2. The second-order valence-electron chi connectivity index (χ2n) is 6.92. The molecule has 6 nitrogen and oxygen atoms in total. The fourth-order valence-electron chi connectivity index (χ4n) is 3.29. The number of H-pyrrole nitrogens is 1. The molecule has 2 aromatic rings. The third-order valence-corrected chi connectivity index (χ3v) is 4.76. The molecule has 0 aliphatic carbocycles. The van der Waals surface area contributed by atoms with Gasteiger partial charge in [0.05, 0.1) is 5.56 Å². The van der Waals surface area contributed by atoms with E-state index in [0.29, 0.717) is 12.1 Å². The highest BCUT2D eigenvalue weighted by atomic mass is 16.5. The van der Waals surface area contributed by atoms with E-state index in [2.05, 4.69) is 28.2 Å². The molecule has 2 N–H and O–H groups in total. The third-order valence-electron chi connectivity index (χ3n) is 4.76. The van der Waals surface area contributed by atoms with Crippen molar-refractivity contribution in [1.82, 2.24) is 15.2 Å². The average molecular weight is 369 g/mol. The highest BCUT2D eigenvalue weighted by Gasteiger charge is 2.22. The molecular weight excluding hydrogens is 342 g/mol. The first-order valence-electron chi connectivity index (χ1n) is 9.59. The van der Waals surface area contributed by atoms with Crippen LogP contribution in [0.25, 0.3) is 0 Å². The van der Waals surface area contributed by atoms with Crippen LogP contribution < -0.4 is 15.6 Å². The van der Waals surface area contributed by atoms with Crippen LogP contribution in [0.2, 0.25) is 0 Å². The van der Waals surface area contributed by atoms with E-state index in [1.807, 2.05) is 18.2 Å². The van der Waals surface area contributed by atoms with Crippen LogP contribution in [-0.4, -0.2) is 41.5 Å². The smallest absolute Gasteiger partial charge is 0.252 e. The molecule has 0 fully saturated rings. The van der Waals surface area contributed by atoms with Gasteiger partial charge in [-0.1, -0.05) is 31.5 Å². The number of para-hydroxylation sites is 1. The van der Waals surface area contributed by atoms with Crippen molar-refractivity contribution in [3.8, 4) is 5.75 Å². The summed E-state index contributed by atoms with van der Waals surface area (Å²) in [5.74, 6) is 0.790. The molecule has 27 heavy (non-hydrogen) atoms. The number of nitrogens with one attached hydrogen (secondary N) is 2. The van der Waals surface area contributed by atoms with Crippen molar-refractivity contribution >= 4 is 5.91 Å². The first-order valence-corrected chi connectivity index (χ1v) is 9.59. The maximum Gasteiger partial charge on any atom is 0.252 e. The quantitative estimate of drug-likeness (QED) is 0.787. The standard InChI is InChI=1S/C21H27N3O3/c1-2-3-7-18-15-24(14-17-6-4-5-8-19(17)27-18)12-11-22-21(26)16-9-10-20(25)23-13-16/h4-6,8-10,13,18H,2-3,7,11-12,14-15H2,1H3,(H,22,26)(H,23,25)/t18-/m0/s1. The number of fused-ring (bicyclic) bond motifs is 1. The van der Waals surface area contributed by atoms with E-state index in [1.165, 1.54) is 23.9 Å². The molecule has 1 aliphatic heterocycles. The van der Waals surface area contributed by atoms with E-state index in [0.717, 1.165) is 44.6 Å². The van der Waals surface area contributed by atoms with Gasteiger partial charge in [-0.3, -0.25) is 14.5 Å². The molecule has 6 heteroatoms. The Labute approximate surface area is 159 Å². The molecule has 1 aromatic heterocycles. The Morgan fingerprint density at radius 1 is 1.30 bits per heavy atom. The molecular formula is C21H27N3O3. The largest absolute Gasteiger partial charge is 0.489 e. The molecule has 3 rings (SSSR count). The Balaban J connectivity index is 1.58. The summed E-state index contributed by atoms with van der Waals surface area (Å²) in [4.78, 5) is 28.1. The Hall–Kier alpha value is -2.60. The Bertz CT molecular complexity index is 798. The van der Waals surface area contributed by atoms with E-state index in [9.17, 15) is 9.59 Å². The van der Waals surface area contributed by atoms with Crippen molar-refractivity contribution in [3.63, 3.8) is 0 Å². The zero-order chi connectivity index (χ0) is 19.1. The monoisotopic (exact) mass is 369 g/mol. The number of pyridine rings is 1. The summed E-state index contributed by atoms with van der Waals surface area (Å²) in [6.07, 6.45) is 4.93. The van der Waals surface area contributed by atoms with Crippen LogP contribution in [0.15, 0.2) is 47.4 Å². The molecule has 1 amide bonds. The summed E-state index contributed by atoms with van der Waals surface area (Å²) in [5.41, 5.74) is 1.43. The van der Waals surface area contributed by atoms with Gasteiger partial charge in [0.1, 0.15) is 11.9 Å². The molecule has 2 heterocycles. The summed E-state index contributed by atoms with van der Waals surface area (Å²) < 4.78 is 6.23. The molecule has 1 aliphatic rings. The Kier molecular flexibility index (Phi) is 6.65. The van der Waals surface area contributed by atoms with Gasteiger partial charge in [-0.15, -0.1) is 0 Å². The van der Waals surface area contributed by atoms with Crippen molar-refractivity contribution in [2.75, 3.05) is 19.6 Å². The van der Waals surface area contributed by atoms with Crippen LogP contribution in [0, 0.1) is 0 Å². The molecule has 1 atom stereocenters. The fraction of sp³-hybridized carbons (Fsp3) is 0.429. The third kappa shape index (κ3) is 5.44. The van der Waals surface area contributed by atoms with E-state index < -0.39 is 0 Å². The summed E-state index contributed by atoms with van der Waals surface area (Å²) in [5, 5.41) is 2.92. The number of carbonyl (C=O) groups excluding carboxylic acids is 1. The van der Waals surface area contributed by atoms with Crippen LogP contribution in [0.3, 0.4) is 0 Å². The lowest BCUT2D eigenvalue weighted by Gasteiger charge is -2.24. The normalized spacial score (nSPS) is 16.9. The van der Waals surface area contributed by atoms with Gasteiger partial charge in [0.2, 0.25) is 5.56 Å². The van der Waals surface area contributed by atoms with Gasteiger partial charge in [-0.05, 0) is 25.0 Å². The molecule has 144 valence electrons. The lowest BCUT2D eigenvalue weighted by Crippen LogP contribution is -2.38. The summed E-state index contributed by atoms with van der Waals surface area (Å²) >= 11 is 0. The number of hydrogen-bond donors (Lipinski definition) is 2. The number of carbonyl (C=O) groups is 1. The summed E-state index contributed by atoms with van der Waals surface area (Å²) in [7, 11) is 0. The lowest BCUT2D eigenvalue weighted by atomic mass is 10.1. The van der Waals surface area contributed by atoms with E-state index in [1.54, 1.807) is 0 Å². The number of aromatic amines is 1. The molecule has 0 saturated heterocycles. The molecule has 0 bridgehead atoms. The van der Waals surface area contributed by atoms with Gasteiger partial charge >= 0.3 is 0 Å². The lowest BCUT2D eigenvalue weighted by molar-refractivity contribution is 0.0941. The Morgan fingerprint density at radius 3 is 2.93 bits per heavy atom. The van der Waals surface area contributed by atoms with Crippen molar-refractivity contribution in [2.24, 2.45) is 0 Å². The van der Waals surface area contributed by atoms with Crippen LogP contribution in [0.5, 0.6) is 5.75 Å². The van der Waals surface area contributed by atoms with Gasteiger partial charge in [0.15, 0.2) is 0 Å². The number of unbranched alkanes of at least 4 members (excludes halogenated alkanes) is 1. The Morgan fingerprint density at radius 2 is 2.15 bits per heavy atom. The van der Waals surface area contributed by atoms with Crippen LogP contribution in [0.4, 0.5) is 0 Å². The van der Waals surface area contributed by atoms with Crippen molar-refractivity contribution in [3.05, 3.63) is 64.1 Å². The summed E-state index contributed by atoms with van der Waals surface area (Å²) in [6.45, 7) is 5.14. The number of benzene rings is 1. The van der Waals surface area contributed by atoms with Crippen molar-refractivity contribution in [2.45, 2.75) is 38.8 Å². The molecule has 0 saturated carbocycles. The number of ether oxygens (including phenoxy) is 1. The van der Waals surface area contributed by atoms with E-state index in [4.69, 9.17) is 4.74 Å². The van der Waals surface area contributed by atoms with Gasteiger partial charge in [0, 0.05) is 44.0 Å². The van der Waals surface area contributed by atoms with Gasteiger partial charge in [-0.25, -0.2) is 0 Å². The predicted octanol–water partition coefficient (Wildman–Crippen LogP) is 2.56. The zero-order valence-electron chi connectivity index (χ0n) is 15.7. The SMILES string of the molecule is CCCC[C@H]1CN(CCNC(=O)c2ccc(=O)[nH]c2)Cc2ccccc2O1. The number of amides is 1. The minimum Gasteiger partial charge on any atom is -0.489 e. The minimum absolute atomic E-state index is 0.170. The van der Waals surface area contributed by atoms with Gasteiger partial charge < -0.3 is 15.0 Å². The number of rotatable bonds is 7. The van der Waals surface area contributed by atoms with E-state index >= 15 is 0 Å². The van der Waals surface area contributed by atoms with Crippen molar-refractivity contribution in [1.29, 1.82) is 0 Å². The first-order chi connectivity index (χ1) is 13.2. The summed E-state index contributed by atoms with van der Waals surface area (Å²) in [6, 6.07) is 11.1. The topological polar surface area (TPSA) is 74.4 Å². The van der Waals surface area contributed by atoms with Crippen LogP contribution >= 0.6 is 0 Å². The van der Waals surface area contributed by atoms with Gasteiger partial charge in [0.25, 0.3) is 5.91 Å². The molecule has 1 aromatic carbocycles. The predicted molar refractivity (Wildman–Crippen MR) is 105 cm³/mol. The highest BCUT2D eigenvalue weighted by Crippen LogP contribution is 2.26. The zero-order valence-corrected chi connectivity index (χ0v) is 15.7. The van der Waals surface area contributed by atoms with Crippen LogP contribution in [0.1, 0.15) is 42.1 Å². The van der Waals surface area contributed by atoms with Gasteiger partial charge in [-0.2, -0.15) is 0 Å². The average Bonchev–Trinajstić information content (AvgIpc) is 2.85. The molecule has 0 radical (unpaired) electrons. The molecule has 0 unspecified atom stereocenters. The maximum atomic E-state index is 12.2. The minimum atomic E-state index is -0.215. The second-order valence-corrected chi connectivity index (χ2v) is 6.92. The highest BCUT2D eigenvalue weighted by molar-refractivity contribution is 5.93. The number of nitrogens with zero attached hydrogens (tertiary/aromatic N) is 1. The number of aromatic nitrogens is 1. The van der Waals surface area contributed by atoms with Crippen LogP contribution in [-0.2, 0) is 6.54 Å². The second kappa shape index (κ2) is 9.37. The first kappa shape index (κ1) is 19.2. The molecule has 0 spiro atoms. The number of hydrogen-bond acceptors (Lipinski definition) is 4. The van der Waals surface area contributed by atoms with E-state index in [-0.39, 0.29) is 17.6 Å². The fourth-order valence-corrected chi connectivity index (χ4v) is 3.29. The van der Waals surface area contributed by atoms with Crippen molar-refractivity contribution < 1.29 is 9.53 Å².